The minimum Gasteiger partial charge on any atom is -0.495 e. The van der Waals surface area contributed by atoms with E-state index in [0.29, 0.717) is 31.8 Å². The molecule has 1 aliphatic heterocycles. The number of methoxy groups -OCH3 is 1. The number of benzene rings is 2. The van der Waals surface area contributed by atoms with Crippen LogP contribution in [0.1, 0.15) is 6.42 Å². The Morgan fingerprint density at radius 1 is 1.36 bits per heavy atom. The fraction of sp³-hybridized carbons (Fsp3) is 0.211. The van der Waals surface area contributed by atoms with Gasteiger partial charge in [-0.15, -0.1) is 0 Å². The van der Waals surface area contributed by atoms with Crippen molar-refractivity contribution < 1.29 is 18.7 Å². The summed E-state index contributed by atoms with van der Waals surface area (Å²) in [6, 6.07) is 9.24. The number of amides is 2. The Morgan fingerprint density at radius 2 is 2.18 bits per heavy atom. The van der Waals surface area contributed by atoms with E-state index >= 15 is 0 Å². The van der Waals surface area contributed by atoms with E-state index in [2.05, 4.69) is 10.3 Å². The Labute approximate surface area is 168 Å². The third kappa shape index (κ3) is 3.53. The number of carbonyl (C=O) groups is 2. The van der Waals surface area contributed by atoms with Gasteiger partial charge in [0, 0.05) is 18.0 Å². The van der Waals surface area contributed by atoms with E-state index in [1.54, 1.807) is 24.3 Å². The van der Waals surface area contributed by atoms with Gasteiger partial charge in [-0.05, 0) is 36.4 Å². The molecule has 3 aromatic rings. The van der Waals surface area contributed by atoms with Gasteiger partial charge in [0.2, 0.25) is 11.8 Å². The van der Waals surface area contributed by atoms with Crippen molar-refractivity contribution in [2.75, 3.05) is 23.9 Å². The lowest BCUT2D eigenvalue weighted by molar-refractivity contribution is -0.122. The molecule has 2 heterocycles. The third-order valence-electron chi connectivity index (χ3n) is 4.51. The lowest BCUT2D eigenvalue weighted by atomic mass is 10.1. The summed E-state index contributed by atoms with van der Waals surface area (Å²) >= 11 is 7.24. The summed E-state index contributed by atoms with van der Waals surface area (Å²) in [5, 5.41) is 3.58. The molecule has 4 rings (SSSR count). The Balaban J connectivity index is 1.51. The fourth-order valence-corrected chi connectivity index (χ4v) is 4.21. The average molecular weight is 420 g/mol. The van der Waals surface area contributed by atoms with Gasteiger partial charge in [0.25, 0.3) is 0 Å². The molecule has 0 radical (unpaired) electrons. The number of nitrogens with zero attached hydrogens (tertiary/aromatic N) is 2. The maximum Gasteiger partial charge on any atom is 0.231 e. The van der Waals surface area contributed by atoms with Gasteiger partial charge in [-0.1, -0.05) is 22.9 Å². The van der Waals surface area contributed by atoms with E-state index in [9.17, 15) is 14.0 Å². The first-order valence-corrected chi connectivity index (χ1v) is 9.65. The van der Waals surface area contributed by atoms with Gasteiger partial charge < -0.3 is 15.0 Å². The van der Waals surface area contributed by atoms with E-state index in [1.807, 2.05) is 0 Å². The monoisotopic (exact) mass is 419 g/mol. The highest BCUT2D eigenvalue weighted by molar-refractivity contribution is 7.22. The molecule has 6 nitrogen and oxygen atoms in total. The number of fused-ring (bicyclic) bond motifs is 1. The number of thiazole rings is 1. The molecule has 1 atom stereocenters. The molecule has 2 aromatic carbocycles. The number of carbonyl (C=O) groups excluding carboxylic acids is 2. The van der Waals surface area contributed by atoms with Gasteiger partial charge in [-0.2, -0.15) is 0 Å². The van der Waals surface area contributed by atoms with Crippen molar-refractivity contribution in [3.8, 4) is 5.75 Å². The van der Waals surface area contributed by atoms with Crippen LogP contribution in [0.25, 0.3) is 10.2 Å². The SMILES string of the molecule is COc1ccc(Cl)cc1N1CC(C(=O)Nc2nc3ccc(F)cc3s2)CC1=O. The molecule has 1 N–H and O–H groups in total. The molecule has 2 amide bonds. The second kappa shape index (κ2) is 7.37. The molecule has 0 spiro atoms. The zero-order chi connectivity index (χ0) is 19.8. The van der Waals surface area contributed by atoms with Crippen LogP contribution in [-0.2, 0) is 9.59 Å². The number of aromatic nitrogens is 1. The Hall–Kier alpha value is -2.71. The second-order valence-electron chi connectivity index (χ2n) is 6.34. The molecule has 1 unspecified atom stereocenters. The average Bonchev–Trinajstić information content (AvgIpc) is 3.24. The highest BCUT2D eigenvalue weighted by Gasteiger charge is 2.36. The molecule has 144 valence electrons. The Bertz CT molecular complexity index is 1090. The first-order valence-electron chi connectivity index (χ1n) is 8.45. The molecule has 1 fully saturated rings. The van der Waals surface area contributed by atoms with Crippen LogP contribution in [0.15, 0.2) is 36.4 Å². The third-order valence-corrected chi connectivity index (χ3v) is 5.68. The molecule has 1 aromatic heterocycles. The van der Waals surface area contributed by atoms with Gasteiger partial charge in [0.1, 0.15) is 11.6 Å². The van der Waals surface area contributed by atoms with Gasteiger partial charge in [-0.25, -0.2) is 9.37 Å². The van der Waals surface area contributed by atoms with Crippen molar-refractivity contribution in [3.63, 3.8) is 0 Å². The van der Waals surface area contributed by atoms with Crippen LogP contribution < -0.4 is 15.0 Å². The maximum atomic E-state index is 13.3. The number of nitrogens with one attached hydrogen (secondary N) is 1. The van der Waals surface area contributed by atoms with E-state index in [4.69, 9.17) is 16.3 Å². The molecule has 28 heavy (non-hydrogen) atoms. The van der Waals surface area contributed by atoms with Crippen molar-refractivity contribution in [2.24, 2.45) is 5.92 Å². The van der Waals surface area contributed by atoms with Crippen molar-refractivity contribution in [3.05, 3.63) is 47.2 Å². The van der Waals surface area contributed by atoms with E-state index in [1.165, 1.54) is 35.5 Å². The van der Waals surface area contributed by atoms with Gasteiger partial charge in [-0.3, -0.25) is 9.59 Å². The molecule has 0 saturated carbocycles. The van der Waals surface area contributed by atoms with Gasteiger partial charge in [0.05, 0.1) is 28.9 Å². The minimum atomic E-state index is -0.542. The smallest absolute Gasteiger partial charge is 0.231 e. The first-order chi connectivity index (χ1) is 13.4. The highest BCUT2D eigenvalue weighted by atomic mass is 35.5. The van der Waals surface area contributed by atoms with Crippen LogP contribution in [0.3, 0.4) is 0 Å². The van der Waals surface area contributed by atoms with Crippen LogP contribution in [0.2, 0.25) is 5.02 Å². The Kier molecular flexibility index (Phi) is 4.91. The number of hydrogen-bond acceptors (Lipinski definition) is 5. The molecule has 9 heteroatoms. The number of rotatable bonds is 4. The molecule has 1 saturated heterocycles. The number of hydrogen-bond donors (Lipinski definition) is 1. The van der Waals surface area contributed by atoms with E-state index < -0.39 is 5.92 Å². The zero-order valence-electron chi connectivity index (χ0n) is 14.7. The van der Waals surface area contributed by atoms with E-state index in [0.717, 1.165) is 0 Å². The lowest BCUT2D eigenvalue weighted by Crippen LogP contribution is -2.28. The quantitative estimate of drug-likeness (QED) is 0.691. The molecular weight excluding hydrogens is 405 g/mol. The fourth-order valence-electron chi connectivity index (χ4n) is 3.15. The van der Waals surface area contributed by atoms with Crippen LogP contribution >= 0.6 is 22.9 Å². The van der Waals surface area contributed by atoms with Crippen LogP contribution in [-0.4, -0.2) is 30.5 Å². The standard InChI is InChI=1S/C19H15ClFN3O3S/c1-27-15-5-2-11(20)7-14(15)24-9-10(6-17(24)25)18(26)23-19-22-13-4-3-12(21)8-16(13)28-19/h2-5,7-8,10H,6,9H2,1H3,(H,22,23,26). The van der Waals surface area contributed by atoms with Crippen molar-refractivity contribution in [1.82, 2.24) is 4.98 Å². The van der Waals surface area contributed by atoms with Gasteiger partial charge >= 0.3 is 0 Å². The van der Waals surface area contributed by atoms with Crippen LogP contribution in [0.4, 0.5) is 15.2 Å². The second-order valence-corrected chi connectivity index (χ2v) is 7.81. The van der Waals surface area contributed by atoms with Crippen molar-refractivity contribution >= 4 is 55.8 Å². The molecular formula is C19H15ClFN3O3S. The maximum absolute atomic E-state index is 13.3. The molecule has 0 bridgehead atoms. The summed E-state index contributed by atoms with van der Waals surface area (Å²) < 4.78 is 19.3. The normalized spacial score (nSPS) is 16.6. The Morgan fingerprint density at radius 3 is 2.96 bits per heavy atom. The molecule has 1 aliphatic rings. The topological polar surface area (TPSA) is 71.5 Å². The predicted molar refractivity (Wildman–Crippen MR) is 107 cm³/mol. The summed E-state index contributed by atoms with van der Waals surface area (Å²) in [5.41, 5.74) is 1.14. The zero-order valence-corrected chi connectivity index (χ0v) is 16.3. The van der Waals surface area contributed by atoms with Crippen LogP contribution in [0, 0.1) is 11.7 Å². The number of ether oxygens (including phenoxy) is 1. The molecule has 0 aliphatic carbocycles. The van der Waals surface area contributed by atoms with Crippen LogP contribution in [0.5, 0.6) is 5.75 Å². The van der Waals surface area contributed by atoms with E-state index in [-0.39, 0.29) is 30.6 Å². The van der Waals surface area contributed by atoms with Crippen molar-refractivity contribution in [2.45, 2.75) is 6.42 Å². The summed E-state index contributed by atoms with van der Waals surface area (Å²) in [6.45, 7) is 0.209. The summed E-state index contributed by atoms with van der Waals surface area (Å²) in [7, 11) is 1.51. The summed E-state index contributed by atoms with van der Waals surface area (Å²) in [6.07, 6.45) is 0.0705. The minimum absolute atomic E-state index is 0.0705. The largest absolute Gasteiger partial charge is 0.495 e. The first kappa shape index (κ1) is 18.6. The lowest BCUT2D eigenvalue weighted by Gasteiger charge is -2.19. The summed E-state index contributed by atoms with van der Waals surface area (Å²) in [5.74, 6) is -0.892. The predicted octanol–water partition coefficient (Wildman–Crippen LogP) is 4.09. The summed E-state index contributed by atoms with van der Waals surface area (Å²) in [4.78, 5) is 30.9. The van der Waals surface area contributed by atoms with Gasteiger partial charge in [0.15, 0.2) is 5.13 Å². The number of anilines is 2. The highest BCUT2D eigenvalue weighted by Crippen LogP contribution is 2.35. The number of halogens is 2. The van der Waals surface area contributed by atoms with Crippen molar-refractivity contribution in [1.29, 1.82) is 0 Å².